The van der Waals surface area contributed by atoms with E-state index in [1.54, 1.807) is 19.0 Å². The van der Waals surface area contributed by atoms with E-state index in [2.05, 4.69) is 5.32 Å². The Morgan fingerprint density at radius 2 is 2.41 bits per heavy atom. The van der Waals surface area contributed by atoms with Gasteiger partial charge in [0.05, 0.1) is 17.5 Å². The quantitative estimate of drug-likeness (QED) is 0.869. The summed E-state index contributed by atoms with van der Waals surface area (Å²) in [5.74, 6) is 0.0655. The Morgan fingerprint density at radius 1 is 1.59 bits per heavy atom. The zero-order chi connectivity index (χ0) is 12.3. The van der Waals surface area contributed by atoms with Gasteiger partial charge in [0, 0.05) is 20.7 Å². The van der Waals surface area contributed by atoms with Gasteiger partial charge in [-0.25, -0.2) is 0 Å². The molecule has 0 bridgehead atoms. The zero-order valence-corrected chi connectivity index (χ0v) is 11.0. The highest BCUT2D eigenvalue weighted by atomic mass is 32.1. The van der Waals surface area contributed by atoms with Gasteiger partial charge in [0.1, 0.15) is 0 Å². The summed E-state index contributed by atoms with van der Waals surface area (Å²) in [4.78, 5) is 14.2. The van der Waals surface area contributed by atoms with E-state index in [1.165, 1.54) is 11.3 Å². The van der Waals surface area contributed by atoms with Crippen molar-refractivity contribution in [1.29, 1.82) is 0 Å². The van der Waals surface area contributed by atoms with Crippen LogP contribution in [0.2, 0.25) is 0 Å². The number of amides is 1. The summed E-state index contributed by atoms with van der Waals surface area (Å²) in [5.41, 5.74) is 1.15. The van der Waals surface area contributed by atoms with E-state index < -0.39 is 0 Å². The summed E-state index contributed by atoms with van der Waals surface area (Å²) in [6, 6.07) is 2.19. The number of hydrogen-bond donors (Lipinski definition) is 1. The maximum atomic E-state index is 11.8. The van der Waals surface area contributed by atoms with Crippen LogP contribution in [0.1, 0.15) is 27.7 Å². The summed E-state index contributed by atoms with van der Waals surface area (Å²) in [6.45, 7) is 2.47. The van der Waals surface area contributed by atoms with Gasteiger partial charge in [0.25, 0.3) is 5.91 Å². The van der Waals surface area contributed by atoms with Crippen molar-refractivity contribution in [3.8, 4) is 0 Å². The number of nitrogens with zero attached hydrogens (tertiary/aromatic N) is 1. The SMILES string of the molecule is CN(C)C(=O)c1cc(C2COCCCN2)cs1. The highest BCUT2D eigenvalue weighted by Crippen LogP contribution is 2.23. The first-order chi connectivity index (χ1) is 8.18. The molecule has 17 heavy (non-hydrogen) atoms. The van der Waals surface area contributed by atoms with E-state index in [9.17, 15) is 4.79 Å². The molecule has 1 unspecified atom stereocenters. The molecule has 0 spiro atoms. The fraction of sp³-hybridized carbons (Fsp3) is 0.583. The molecule has 1 saturated heterocycles. The number of rotatable bonds is 2. The largest absolute Gasteiger partial charge is 0.379 e. The second kappa shape index (κ2) is 5.62. The predicted molar refractivity (Wildman–Crippen MR) is 68.5 cm³/mol. The van der Waals surface area contributed by atoms with Crippen molar-refractivity contribution in [2.75, 3.05) is 33.9 Å². The van der Waals surface area contributed by atoms with Crippen LogP contribution in [0.25, 0.3) is 0 Å². The minimum atomic E-state index is 0.0655. The first-order valence-corrected chi connectivity index (χ1v) is 6.67. The number of thiophene rings is 1. The van der Waals surface area contributed by atoms with Crippen LogP contribution in [0.5, 0.6) is 0 Å². The molecule has 1 N–H and O–H groups in total. The standard InChI is InChI=1S/C12H18N2O2S/c1-14(2)12(15)11-6-9(8-17-11)10-7-16-5-3-4-13-10/h6,8,10,13H,3-5,7H2,1-2H3. The molecule has 2 heterocycles. The maximum Gasteiger partial charge on any atom is 0.263 e. The Morgan fingerprint density at radius 3 is 3.18 bits per heavy atom. The van der Waals surface area contributed by atoms with Crippen LogP contribution in [0.15, 0.2) is 11.4 Å². The highest BCUT2D eigenvalue weighted by molar-refractivity contribution is 7.12. The lowest BCUT2D eigenvalue weighted by Gasteiger charge is -2.13. The topological polar surface area (TPSA) is 41.6 Å². The van der Waals surface area contributed by atoms with Crippen molar-refractivity contribution in [2.45, 2.75) is 12.5 Å². The van der Waals surface area contributed by atoms with Crippen molar-refractivity contribution < 1.29 is 9.53 Å². The van der Waals surface area contributed by atoms with E-state index >= 15 is 0 Å². The maximum absolute atomic E-state index is 11.8. The van der Waals surface area contributed by atoms with Gasteiger partial charge in [0.15, 0.2) is 0 Å². The third-order valence-corrected chi connectivity index (χ3v) is 3.72. The van der Waals surface area contributed by atoms with Gasteiger partial charge in [0.2, 0.25) is 0 Å². The van der Waals surface area contributed by atoms with Crippen molar-refractivity contribution in [3.05, 3.63) is 21.9 Å². The number of nitrogens with one attached hydrogen (secondary N) is 1. The summed E-state index contributed by atoms with van der Waals surface area (Å²) < 4.78 is 5.53. The normalized spacial score (nSPS) is 20.9. The van der Waals surface area contributed by atoms with Crippen LogP contribution in [-0.2, 0) is 4.74 Å². The van der Waals surface area contributed by atoms with Crippen molar-refractivity contribution in [3.63, 3.8) is 0 Å². The van der Waals surface area contributed by atoms with Gasteiger partial charge in [-0.1, -0.05) is 0 Å². The second-order valence-corrected chi connectivity index (χ2v) is 5.29. The second-order valence-electron chi connectivity index (χ2n) is 4.38. The average Bonchev–Trinajstić information content (AvgIpc) is 2.64. The van der Waals surface area contributed by atoms with Crippen LogP contribution in [0.4, 0.5) is 0 Å². The molecule has 4 nitrogen and oxygen atoms in total. The van der Waals surface area contributed by atoms with E-state index in [1.807, 2.05) is 11.4 Å². The van der Waals surface area contributed by atoms with Crippen molar-refractivity contribution >= 4 is 17.2 Å². The van der Waals surface area contributed by atoms with Gasteiger partial charge in [-0.15, -0.1) is 11.3 Å². The van der Waals surface area contributed by atoms with Crippen LogP contribution in [-0.4, -0.2) is 44.7 Å². The summed E-state index contributed by atoms with van der Waals surface area (Å²) in [5, 5.41) is 5.48. The van der Waals surface area contributed by atoms with Crippen LogP contribution in [0, 0.1) is 0 Å². The lowest BCUT2D eigenvalue weighted by atomic mass is 10.1. The molecule has 0 aliphatic carbocycles. The smallest absolute Gasteiger partial charge is 0.263 e. The molecular formula is C12H18N2O2S. The molecule has 1 aromatic heterocycles. The van der Waals surface area contributed by atoms with E-state index in [-0.39, 0.29) is 11.9 Å². The Bertz CT molecular complexity index is 382. The Kier molecular flexibility index (Phi) is 4.15. The van der Waals surface area contributed by atoms with Gasteiger partial charge >= 0.3 is 0 Å². The fourth-order valence-corrected chi connectivity index (χ4v) is 2.77. The first kappa shape index (κ1) is 12.5. The van der Waals surface area contributed by atoms with Crippen LogP contribution >= 0.6 is 11.3 Å². The van der Waals surface area contributed by atoms with Gasteiger partial charge < -0.3 is 15.0 Å². The first-order valence-electron chi connectivity index (χ1n) is 5.79. The molecule has 1 atom stereocenters. The molecule has 1 fully saturated rings. The third kappa shape index (κ3) is 3.06. The number of carbonyl (C=O) groups is 1. The lowest BCUT2D eigenvalue weighted by molar-refractivity contribution is 0.0832. The van der Waals surface area contributed by atoms with Gasteiger partial charge in [-0.3, -0.25) is 4.79 Å². The third-order valence-electron chi connectivity index (χ3n) is 2.78. The molecular weight excluding hydrogens is 236 g/mol. The molecule has 0 saturated carbocycles. The van der Waals surface area contributed by atoms with E-state index in [4.69, 9.17) is 4.74 Å². The fourth-order valence-electron chi connectivity index (χ4n) is 1.79. The highest BCUT2D eigenvalue weighted by Gasteiger charge is 2.18. The number of hydrogen-bond acceptors (Lipinski definition) is 4. The molecule has 1 aromatic rings. The van der Waals surface area contributed by atoms with E-state index in [0.29, 0.717) is 6.61 Å². The molecule has 1 amide bonds. The number of ether oxygens (including phenoxy) is 1. The Balaban J connectivity index is 2.09. The zero-order valence-electron chi connectivity index (χ0n) is 10.2. The van der Waals surface area contributed by atoms with Crippen molar-refractivity contribution in [1.82, 2.24) is 10.2 Å². The van der Waals surface area contributed by atoms with Crippen LogP contribution in [0.3, 0.4) is 0 Å². The molecule has 5 heteroatoms. The predicted octanol–water partition coefficient (Wildman–Crippen LogP) is 1.50. The summed E-state index contributed by atoms with van der Waals surface area (Å²) in [6.07, 6.45) is 1.05. The van der Waals surface area contributed by atoms with Gasteiger partial charge in [-0.2, -0.15) is 0 Å². The molecule has 1 aliphatic rings. The molecule has 0 radical (unpaired) electrons. The molecule has 2 rings (SSSR count). The van der Waals surface area contributed by atoms with Gasteiger partial charge in [-0.05, 0) is 30.0 Å². The summed E-state index contributed by atoms with van der Waals surface area (Å²) in [7, 11) is 3.55. The van der Waals surface area contributed by atoms with E-state index in [0.717, 1.165) is 30.0 Å². The monoisotopic (exact) mass is 254 g/mol. The van der Waals surface area contributed by atoms with Crippen molar-refractivity contribution in [2.24, 2.45) is 0 Å². The molecule has 1 aliphatic heterocycles. The molecule has 94 valence electrons. The van der Waals surface area contributed by atoms with Crippen LogP contribution < -0.4 is 5.32 Å². The molecule has 0 aromatic carbocycles. The number of carbonyl (C=O) groups excluding carboxylic acids is 1. The average molecular weight is 254 g/mol. The minimum Gasteiger partial charge on any atom is -0.379 e. The Labute approximate surface area is 106 Å². The lowest BCUT2D eigenvalue weighted by Crippen LogP contribution is -2.23. The minimum absolute atomic E-state index is 0.0655. The summed E-state index contributed by atoms with van der Waals surface area (Å²) >= 11 is 1.50. The Hall–Kier alpha value is -0.910.